The average Bonchev–Trinajstić information content (AvgIpc) is 3.36. The van der Waals surface area contributed by atoms with E-state index in [1.165, 1.54) is 19.1 Å². The van der Waals surface area contributed by atoms with Gasteiger partial charge >= 0.3 is 5.97 Å². The minimum absolute atomic E-state index is 0.190. The number of oxazole rings is 1. The van der Waals surface area contributed by atoms with Gasteiger partial charge < -0.3 is 23.9 Å². The molecule has 0 radical (unpaired) electrons. The van der Waals surface area contributed by atoms with Crippen LogP contribution in [0.3, 0.4) is 0 Å². The van der Waals surface area contributed by atoms with Crippen LogP contribution in [0.25, 0.3) is 17.2 Å². The number of amides is 1. The van der Waals surface area contributed by atoms with Gasteiger partial charge in [-0.25, -0.2) is 9.78 Å². The number of rotatable bonds is 6. The van der Waals surface area contributed by atoms with Crippen molar-refractivity contribution in [2.75, 3.05) is 6.79 Å². The first-order chi connectivity index (χ1) is 14.1. The van der Waals surface area contributed by atoms with Crippen LogP contribution in [0.4, 0.5) is 0 Å². The lowest BCUT2D eigenvalue weighted by Gasteiger charge is -2.12. The SMILES string of the molecule is C[C@@H](OC(=O)/C=C/c1nc2ccccc2o1)C(=O)NCc1ccc2c(c1)OCO2. The van der Waals surface area contributed by atoms with Gasteiger partial charge in [0.05, 0.1) is 0 Å². The van der Waals surface area contributed by atoms with E-state index < -0.39 is 18.0 Å². The van der Waals surface area contributed by atoms with Crippen molar-refractivity contribution in [2.45, 2.75) is 19.6 Å². The minimum atomic E-state index is -0.954. The van der Waals surface area contributed by atoms with Crippen LogP contribution in [0.5, 0.6) is 11.5 Å². The van der Waals surface area contributed by atoms with Crippen LogP contribution in [-0.2, 0) is 20.9 Å². The number of esters is 1. The number of hydrogen-bond acceptors (Lipinski definition) is 7. The normalized spacial score (nSPS) is 13.6. The number of ether oxygens (including phenoxy) is 3. The van der Waals surface area contributed by atoms with E-state index in [9.17, 15) is 9.59 Å². The largest absolute Gasteiger partial charge is 0.454 e. The highest BCUT2D eigenvalue weighted by molar-refractivity contribution is 5.90. The third-order valence-corrected chi connectivity index (χ3v) is 4.24. The van der Waals surface area contributed by atoms with Crippen molar-refractivity contribution >= 4 is 29.1 Å². The minimum Gasteiger partial charge on any atom is -0.454 e. The fraction of sp³-hybridized carbons (Fsp3) is 0.190. The van der Waals surface area contributed by atoms with Crippen molar-refractivity contribution in [2.24, 2.45) is 0 Å². The molecule has 1 aromatic heterocycles. The predicted molar refractivity (Wildman–Crippen MR) is 103 cm³/mol. The van der Waals surface area contributed by atoms with Gasteiger partial charge in [0.2, 0.25) is 12.7 Å². The van der Waals surface area contributed by atoms with Crippen LogP contribution in [0, 0.1) is 0 Å². The number of nitrogens with zero attached hydrogens (tertiary/aromatic N) is 1. The fourth-order valence-corrected chi connectivity index (χ4v) is 2.75. The highest BCUT2D eigenvalue weighted by Gasteiger charge is 2.17. The molecule has 0 unspecified atom stereocenters. The molecule has 0 fully saturated rings. The standard InChI is InChI=1S/C21H18N2O6/c1-13(21(25)22-11-14-6-7-17-18(10-14)27-12-26-17)28-20(24)9-8-19-23-15-4-2-3-5-16(15)29-19/h2-10,13H,11-12H2,1H3,(H,22,25)/b9-8+/t13-/m1/s1. The third-order valence-electron chi connectivity index (χ3n) is 4.24. The molecule has 148 valence electrons. The Bertz CT molecular complexity index is 1050. The third kappa shape index (κ3) is 4.37. The van der Waals surface area contributed by atoms with Crippen LogP contribution in [-0.4, -0.2) is 29.8 Å². The number of para-hydroxylation sites is 2. The topological polar surface area (TPSA) is 99.9 Å². The molecule has 29 heavy (non-hydrogen) atoms. The van der Waals surface area contributed by atoms with Gasteiger partial charge in [0.15, 0.2) is 23.2 Å². The Labute approximate surface area is 166 Å². The molecule has 8 nitrogen and oxygen atoms in total. The average molecular weight is 394 g/mol. The number of fused-ring (bicyclic) bond motifs is 2. The maximum Gasteiger partial charge on any atom is 0.331 e. The van der Waals surface area contributed by atoms with E-state index in [1.54, 1.807) is 24.3 Å². The highest BCUT2D eigenvalue weighted by Crippen LogP contribution is 2.32. The van der Waals surface area contributed by atoms with Gasteiger partial charge in [-0.15, -0.1) is 0 Å². The van der Waals surface area contributed by atoms with E-state index >= 15 is 0 Å². The summed E-state index contributed by atoms with van der Waals surface area (Å²) in [5.41, 5.74) is 2.16. The quantitative estimate of drug-likeness (QED) is 0.507. The maximum absolute atomic E-state index is 12.2. The molecule has 1 amide bonds. The first kappa shape index (κ1) is 18.5. The van der Waals surface area contributed by atoms with Gasteiger partial charge in [-0.2, -0.15) is 0 Å². The summed E-state index contributed by atoms with van der Waals surface area (Å²) in [5, 5.41) is 2.72. The second-order valence-electron chi connectivity index (χ2n) is 6.34. The summed E-state index contributed by atoms with van der Waals surface area (Å²) in [6.07, 6.45) is 1.62. The van der Waals surface area contributed by atoms with Crippen LogP contribution in [0.1, 0.15) is 18.4 Å². The van der Waals surface area contributed by atoms with Crippen LogP contribution in [0.2, 0.25) is 0 Å². The molecule has 0 saturated heterocycles. The van der Waals surface area contributed by atoms with Crippen LogP contribution >= 0.6 is 0 Å². The number of nitrogens with one attached hydrogen (secondary N) is 1. The highest BCUT2D eigenvalue weighted by atomic mass is 16.7. The van der Waals surface area contributed by atoms with Gasteiger partial charge in [-0.3, -0.25) is 4.79 Å². The Balaban J connectivity index is 1.28. The molecule has 1 aliphatic heterocycles. The van der Waals surface area contributed by atoms with Gasteiger partial charge in [0, 0.05) is 18.7 Å². The van der Waals surface area contributed by atoms with E-state index in [1.807, 2.05) is 18.2 Å². The van der Waals surface area contributed by atoms with Crippen molar-refractivity contribution in [3.05, 3.63) is 60.0 Å². The molecule has 1 aliphatic rings. The zero-order valence-electron chi connectivity index (χ0n) is 15.6. The van der Waals surface area contributed by atoms with E-state index in [0.29, 0.717) is 22.6 Å². The Morgan fingerprint density at radius 2 is 2.03 bits per heavy atom. The molecule has 2 aromatic carbocycles. The lowest BCUT2D eigenvalue weighted by Crippen LogP contribution is -2.35. The second-order valence-corrected chi connectivity index (χ2v) is 6.34. The van der Waals surface area contributed by atoms with Crippen LogP contribution in [0.15, 0.2) is 53.0 Å². The predicted octanol–water partition coefficient (Wildman–Crippen LogP) is 2.82. The van der Waals surface area contributed by atoms with Crippen molar-refractivity contribution in [3.8, 4) is 11.5 Å². The summed E-state index contributed by atoms with van der Waals surface area (Å²) in [4.78, 5) is 28.4. The van der Waals surface area contributed by atoms with Crippen molar-refractivity contribution < 1.29 is 28.2 Å². The Morgan fingerprint density at radius 1 is 1.21 bits per heavy atom. The molecular formula is C21H18N2O6. The second kappa shape index (κ2) is 8.05. The Hall–Kier alpha value is -3.81. The zero-order valence-corrected chi connectivity index (χ0v) is 15.6. The molecular weight excluding hydrogens is 376 g/mol. The number of benzene rings is 2. The molecule has 1 N–H and O–H groups in total. The summed E-state index contributed by atoms with van der Waals surface area (Å²) in [7, 11) is 0. The zero-order chi connectivity index (χ0) is 20.2. The summed E-state index contributed by atoms with van der Waals surface area (Å²) >= 11 is 0. The molecule has 4 rings (SSSR count). The summed E-state index contributed by atoms with van der Waals surface area (Å²) < 4.78 is 21.2. The van der Waals surface area contributed by atoms with Crippen molar-refractivity contribution in [1.82, 2.24) is 10.3 Å². The lowest BCUT2D eigenvalue weighted by atomic mass is 10.2. The smallest absolute Gasteiger partial charge is 0.331 e. The molecule has 0 saturated carbocycles. The van der Waals surface area contributed by atoms with Crippen molar-refractivity contribution in [1.29, 1.82) is 0 Å². The number of hydrogen-bond donors (Lipinski definition) is 1. The van der Waals surface area contributed by atoms with Crippen molar-refractivity contribution in [3.63, 3.8) is 0 Å². The lowest BCUT2D eigenvalue weighted by molar-refractivity contribution is -0.150. The molecule has 0 aliphatic carbocycles. The molecule has 0 spiro atoms. The Kier molecular flexibility index (Phi) is 5.15. The Morgan fingerprint density at radius 3 is 2.90 bits per heavy atom. The molecule has 3 aromatic rings. The summed E-state index contributed by atoms with van der Waals surface area (Å²) in [6.45, 7) is 1.96. The molecule has 0 bridgehead atoms. The van der Waals surface area contributed by atoms with E-state index in [2.05, 4.69) is 10.3 Å². The van der Waals surface area contributed by atoms with Crippen LogP contribution < -0.4 is 14.8 Å². The number of carbonyl (C=O) groups excluding carboxylic acids is 2. The number of carbonyl (C=O) groups is 2. The summed E-state index contributed by atoms with van der Waals surface area (Å²) in [6, 6.07) is 12.7. The van der Waals surface area contributed by atoms with Gasteiger partial charge in [0.1, 0.15) is 5.52 Å². The maximum atomic E-state index is 12.2. The first-order valence-electron chi connectivity index (χ1n) is 8.99. The molecule has 1 atom stereocenters. The molecule has 2 heterocycles. The summed E-state index contributed by atoms with van der Waals surface area (Å²) in [5.74, 6) is 0.515. The van der Waals surface area contributed by atoms with Gasteiger partial charge in [-0.05, 0) is 36.8 Å². The molecule has 8 heteroatoms. The van der Waals surface area contributed by atoms with E-state index in [-0.39, 0.29) is 19.2 Å². The first-order valence-corrected chi connectivity index (χ1v) is 8.99. The monoisotopic (exact) mass is 394 g/mol. The van der Waals surface area contributed by atoms with Gasteiger partial charge in [0.25, 0.3) is 5.91 Å². The van der Waals surface area contributed by atoms with E-state index in [0.717, 1.165) is 5.56 Å². The fourth-order valence-electron chi connectivity index (χ4n) is 2.75. The number of aromatic nitrogens is 1. The van der Waals surface area contributed by atoms with E-state index in [4.69, 9.17) is 18.6 Å². The van der Waals surface area contributed by atoms with Gasteiger partial charge in [-0.1, -0.05) is 18.2 Å².